The van der Waals surface area contributed by atoms with Crippen LogP contribution in [0.3, 0.4) is 0 Å². The molecule has 2 nitrogen and oxygen atoms in total. The van der Waals surface area contributed by atoms with Crippen LogP contribution in [0, 0.1) is 6.92 Å². The molecule has 0 amide bonds. The Balaban J connectivity index is 2.36. The van der Waals surface area contributed by atoms with Crippen LogP contribution >= 0.6 is 27.5 Å². The van der Waals surface area contributed by atoms with Gasteiger partial charge in [0.2, 0.25) is 0 Å². The molecule has 2 rings (SSSR count). The highest BCUT2D eigenvalue weighted by atomic mass is 79.9. The molecule has 2 aromatic rings. The van der Waals surface area contributed by atoms with Gasteiger partial charge in [0, 0.05) is 5.02 Å². The third-order valence-electron chi connectivity index (χ3n) is 3.18. The molecule has 0 aliphatic carbocycles. The molecule has 1 atom stereocenters. The second kappa shape index (κ2) is 6.61. The SMILES string of the molecule is CCOc1ccc(C(O)c2cccc(Cl)c2C)cc1Br. The Hall–Kier alpha value is -1.03. The van der Waals surface area contributed by atoms with Gasteiger partial charge in [-0.2, -0.15) is 0 Å². The van der Waals surface area contributed by atoms with E-state index in [1.165, 1.54) is 0 Å². The van der Waals surface area contributed by atoms with E-state index in [4.69, 9.17) is 16.3 Å². The zero-order valence-corrected chi connectivity index (χ0v) is 13.7. The predicted octanol–water partition coefficient (Wildman–Crippen LogP) is 4.89. The highest BCUT2D eigenvalue weighted by molar-refractivity contribution is 9.10. The molecule has 0 bridgehead atoms. The molecule has 106 valence electrons. The number of halogens is 2. The molecule has 0 aromatic heterocycles. The van der Waals surface area contributed by atoms with E-state index in [-0.39, 0.29) is 0 Å². The van der Waals surface area contributed by atoms with E-state index < -0.39 is 6.10 Å². The Bertz CT molecular complexity index is 613. The number of hydrogen-bond donors (Lipinski definition) is 1. The van der Waals surface area contributed by atoms with E-state index in [0.29, 0.717) is 11.6 Å². The highest BCUT2D eigenvalue weighted by Crippen LogP contribution is 2.33. The van der Waals surface area contributed by atoms with Crippen LogP contribution in [0.15, 0.2) is 40.9 Å². The van der Waals surface area contributed by atoms with Crippen molar-refractivity contribution in [1.29, 1.82) is 0 Å². The number of rotatable bonds is 4. The fraction of sp³-hybridized carbons (Fsp3) is 0.250. The van der Waals surface area contributed by atoms with Crippen LogP contribution in [0.5, 0.6) is 5.75 Å². The summed E-state index contributed by atoms with van der Waals surface area (Å²) in [6, 6.07) is 11.1. The van der Waals surface area contributed by atoms with E-state index in [2.05, 4.69) is 15.9 Å². The molecule has 0 aliphatic rings. The first-order chi connectivity index (χ1) is 9.54. The minimum absolute atomic E-state index is 0.605. The highest BCUT2D eigenvalue weighted by Gasteiger charge is 2.15. The van der Waals surface area contributed by atoms with Crippen molar-refractivity contribution in [2.24, 2.45) is 0 Å². The predicted molar refractivity (Wildman–Crippen MR) is 85.6 cm³/mol. The first-order valence-electron chi connectivity index (χ1n) is 6.40. The average molecular weight is 356 g/mol. The molecule has 0 radical (unpaired) electrons. The Morgan fingerprint density at radius 2 is 2.05 bits per heavy atom. The van der Waals surface area contributed by atoms with Crippen LogP contribution in [0.4, 0.5) is 0 Å². The van der Waals surface area contributed by atoms with Gasteiger partial charge in [-0.25, -0.2) is 0 Å². The van der Waals surface area contributed by atoms with Gasteiger partial charge in [-0.1, -0.05) is 29.8 Å². The maximum atomic E-state index is 10.5. The monoisotopic (exact) mass is 354 g/mol. The van der Waals surface area contributed by atoms with Crippen LogP contribution in [-0.2, 0) is 0 Å². The van der Waals surface area contributed by atoms with Gasteiger partial charge in [-0.05, 0) is 64.7 Å². The lowest BCUT2D eigenvalue weighted by Crippen LogP contribution is -2.03. The number of aliphatic hydroxyl groups excluding tert-OH is 1. The molecular weight excluding hydrogens is 340 g/mol. The number of benzene rings is 2. The van der Waals surface area contributed by atoms with Crippen molar-refractivity contribution in [1.82, 2.24) is 0 Å². The zero-order valence-electron chi connectivity index (χ0n) is 11.4. The van der Waals surface area contributed by atoms with Gasteiger partial charge >= 0.3 is 0 Å². The summed E-state index contributed by atoms with van der Waals surface area (Å²) in [6.07, 6.45) is -0.708. The van der Waals surface area contributed by atoms with E-state index in [9.17, 15) is 5.11 Å². The summed E-state index contributed by atoms with van der Waals surface area (Å²) in [4.78, 5) is 0. The lowest BCUT2D eigenvalue weighted by atomic mass is 9.97. The van der Waals surface area contributed by atoms with Gasteiger partial charge in [0.25, 0.3) is 0 Å². The summed E-state index contributed by atoms with van der Waals surface area (Å²) >= 11 is 9.56. The standard InChI is InChI=1S/C16H16BrClO2/c1-3-20-15-8-7-11(9-13(15)17)16(19)12-5-4-6-14(18)10(12)2/h4-9,16,19H,3H2,1-2H3. The molecule has 2 aromatic carbocycles. The largest absolute Gasteiger partial charge is 0.493 e. The molecule has 1 N–H and O–H groups in total. The molecule has 0 saturated carbocycles. The normalized spacial score (nSPS) is 12.2. The first kappa shape index (κ1) is 15.4. The summed E-state index contributed by atoms with van der Waals surface area (Å²) < 4.78 is 6.30. The minimum atomic E-state index is -0.708. The summed E-state index contributed by atoms with van der Waals surface area (Å²) in [7, 11) is 0. The van der Waals surface area contributed by atoms with E-state index in [0.717, 1.165) is 26.9 Å². The molecule has 1 unspecified atom stereocenters. The van der Waals surface area contributed by atoms with Crippen molar-refractivity contribution in [2.75, 3.05) is 6.61 Å². The van der Waals surface area contributed by atoms with Gasteiger partial charge in [0.05, 0.1) is 11.1 Å². The van der Waals surface area contributed by atoms with Crippen molar-refractivity contribution in [2.45, 2.75) is 20.0 Å². The van der Waals surface area contributed by atoms with Crippen molar-refractivity contribution >= 4 is 27.5 Å². The summed E-state index contributed by atoms with van der Waals surface area (Å²) in [5.74, 6) is 0.770. The molecule has 0 spiro atoms. The average Bonchev–Trinajstić information content (AvgIpc) is 2.43. The smallest absolute Gasteiger partial charge is 0.133 e. The number of aliphatic hydroxyl groups is 1. The van der Waals surface area contributed by atoms with Crippen LogP contribution < -0.4 is 4.74 Å². The second-order valence-corrected chi connectivity index (χ2v) is 5.74. The van der Waals surface area contributed by atoms with Gasteiger partial charge in [-0.15, -0.1) is 0 Å². The molecule has 20 heavy (non-hydrogen) atoms. The summed E-state index contributed by atoms with van der Waals surface area (Å²) in [6.45, 7) is 4.45. The van der Waals surface area contributed by atoms with Gasteiger partial charge in [0.1, 0.15) is 11.9 Å². The van der Waals surface area contributed by atoms with E-state index >= 15 is 0 Å². The maximum absolute atomic E-state index is 10.5. The van der Waals surface area contributed by atoms with Gasteiger partial charge < -0.3 is 9.84 Å². The Morgan fingerprint density at radius 1 is 1.30 bits per heavy atom. The molecule has 0 heterocycles. The van der Waals surface area contributed by atoms with Crippen molar-refractivity contribution < 1.29 is 9.84 Å². The van der Waals surface area contributed by atoms with E-state index in [1.54, 1.807) is 0 Å². The van der Waals surface area contributed by atoms with Crippen molar-refractivity contribution in [3.8, 4) is 5.75 Å². The first-order valence-corrected chi connectivity index (χ1v) is 7.57. The van der Waals surface area contributed by atoms with Crippen LogP contribution in [0.2, 0.25) is 5.02 Å². The quantitative estimate of drug-likeness (QED) is 0.846. The van der Waals surface area contributed by atoms with E-state index in [1.807, 2.05) is 50.2 Å². The van der Waals surface area contributed by atoms with Crippen LogP contribution in [0.1, 0.15) is 29.7 Å². The van der Waals surface area contributed by atoms with Crippen molar-refractivity contribution in [3.05, 3.63) is 62.6 Å². The Morgan fingerprint density at radius 3 is 2.70 bits per heavy atom. The second-order valence-electron chi connectivity index (χ2n) is 4.48. The fourth-order valence-electron chi connectivity index (χ4n) is 2.06. The Kier molecular flexibility index (Phi) is 5.08. The van der Waals surface area contributed by atoms with Crippen LogP contribution in [0.25, 0.3) is 0 Å². The van der Waals surface area contributed by atoms with Gasteiger partial charge in [-0.3, -0.25) is 0 Å². The summed E-state index contributed by atoms with van der Waals surface area (Å²) in [5.41, 5.74) is 2.51. The molecule has 4 heteroatoms. The molecule has 0 aliphatic heterocycles. The van der Waals surface area contributed by atoms with Crippen molar-refractivity contribution in [3.63, 3.8) is 0 Å². The third-order valence-corrected chi connectivity index (χ3v) is 4.20. The fourth-order valence-corrected chi connectivity index (χ4v) is 2.75. The number of hydrogen-bond acceptors (Lipinski definition) is 2. The molecule has 0 saturated heterocycles. The zero-order chi connectivity index (χ0) is 14.7. The lowest BCUT2D eigenvalue weighted by Gasteiger charge is -2.16. The topological polar surface area (TPSA) is 29.5 Å². The molecule has 0 fully saturated rings. The van der Waals surface area contributed by atoms with Gasteiger partial charge in [0.15, 0.2) is 0 Å². The minimum Gasteiger partial charge on any atom is -0.493 e. The lowest BCUT2D eigenvalue weighted by molar-refractivity contribution is 0.219. The Labute approximate surface area is 132 Å². The number of ether oxygens (including phenoxy) is 1. The summed E-state index contributed by atoms with van der Waals surface area (Å²) in [5, 5.41) is 11.2. The van der Waals surface area contributed by atoms with Crippen LogP contribution in [-0.4, -0.2) is 11.7 Å². The molecular formula is C16H16BrClO2. The third kappa shape index (κ3) is 3.17. The maximum Gasteiger partial charge on any atom is 0.133 e.